The largest absolute Gasteiger partial charge is 0.356 e. The summed E-state index contributed by atoms with van der Waals surface area (Å²) in [5.74, 6) is 1.03. The third-order valence-electron chi connectivity index (χ3n) is 5.79. The first-order valence-corrected chi connectivity index (χ1v) is 8.39. The van der Waals surface area contributed by atoms with Gasteiger partial charge in [0, 0.05) is 35.0 Å². The minimum Gasteiger partial charge on any atom is -0.356 e. The number of aromatic amines is 1. The molecule has 1 saturated heterocycles. The van der Waals surface area contributed by atoms with E-state index in [1.54, 1.807) is 0 Å². The van der Waals surface area contributed by atoms with Crippen LogP contribution in [0.5, 0.6) is 0 Å². The zero-order chi connectivity index (χ0) is 14.7. The maximum Gasteiger partial charge on any atom is 0.226 e. The van der Waals surface area contributed by atoms with Crippen LogP contribution in [0.15, 0.2) is 36.4 Å². The van der Waals surface area contributed by atoms with Crippen molar-refractivity contribution in [1.82, 2.24) is 9.88 Å². The summed E-state index contributed by atoms with van der Waals surface area (Å²) in [6.45, 7) is 0.910. The second-order valence-electron chi connectivity index (χ2n) is 6.86. The van der Waals surface area contributed by atoms with E-state index in [9.17, 15) is 4.79 Å². The van der Waals surface area contributed by atoms with Gasteiger partial charge in [0.05, 0.1) is 6.04 Å². The van der Waals surface area contributed by atoms with E-state index in [1.807, 2.05) is 0 Å². The number of nitrogens with zero attached hydrogens (tertiary/aromatic N) is 1. The molecule has 1 aromatic carbocycles. The Kier molecular flexibility index (Phi) is 2.55. The van der Waals surface area contributed by atoms with E-state index in [-0.39, 0.29) is 12.0 Å². The normalized spacial score (nSPS) is 30.1. The number of benzene rings is 1. The van der Waals surface area contributed by atoms with Crippen molar-refractivity contribution in [3.05, 3.63) is 47.7 Å². The molecule has 0 spiro atoms. The molecule has 3 nitrogen and oxygen atoms in total. The van der Waals surface area contributed by atoms with Crippen LogP contribution in [0, 0.1) is 11.8 Å². The minimum absolute atomic E-state index is 0.201. The van der Waals surface area contributed by atoms with E-state index >= 15 is 0 Å². The van der Waals surface area contributed by atoms with E-state index in [2.05, 4.69) is 46.3 Å². The van der Waals surface area contributed by atoms with Crippen LogP contribution in [-0.4, -0.2) is 22.3 Å². The molecule has 5 rings (SSSR count). The Morgan fingerprint density at radius 2 is 2.00 bits per heavy atom. The summed E-state index contributed by atoms with van der Waals surface area (Å²) in [7, 11) is 0. The topological polar surface area (TPSA) is 36.1 Å². The molecule has 22 heavy (non-hydrogen) atoms. The summed E-state index contributed by atoms with van der Waals surface area (Å²) < 4.78 is 0. The summed E-state index contributed by atoms with van der Waals surface area (Å²) in [6, 6.07) is 8.83. The van der Waals surface area contributed by atoms with Gasteiger partial charge in [-0.3, -0.25) is 4.79 Å². The van der Waals surface area contributed by atoms with Crippen molar-refractivity contribution in [3.8, 4) is 0 Å². The number of aromatic nitrogens is 1. The molecule has 3 aliphatic rings. The second-order valence-corrected chi connectivity index (χ2v) is 6.86. The van der Waals surface area contributed by atoms with Gasteiger partial charge in [0.2, 0.25) is 5.91 Å². The number of aryl methyl sites for hydroxylation is 1. The molecule has 1 aliphatic carbocycles. The third-order valence-corrected chi connectivity index (χ3v) is 5.79. The van der Waals surface area contributed by atoms with Crippen LogP contribution in [0.2, 0.25) is 0 Å². The fourth-order valence-electron chi connectivity index (χ4n) is 4.84. The lowest BCUT2D eigenvalue weighted by Crippen LogP contribution is -2.29. The van der Waals surface area contributed by atoms with E-state index in [4.69, 9.17) is 0 Å². The summed E-state index contributed by atoms with van der Waals surface area (Å²) in [5.41, 5.74) is 3.98. The number of amides is 1. The van der Waals surface area contributed by atoms with Crippen LogP contribution >= 0.6 is 0 Å². The molecule has 3 atom stereocenters. The molecule has 3 heteroatoms. The highest BCUT2D eigenvalue weighted by Crippen LogP contribution is 2.49. The lowest BCUT2D eigenvalue weighted by atomic mass is 9.80. The molecule has 0 saturated carbocycles. The van der Waals surface area contributed by atoms with Crippen LogP contribution < -0.4 is 0 Å². The second kappa shape index (κ2) is 4.48. The SMILES string of the molecule is O=C1[C@H]2CC=CC[C@@H]2[C@@H]2c3[nH]c4ccccc4c3CCCN12. The molecule has 0 bridgehead atoms. The van der Waals surface area contributed by atoms with Crippen molar-refractivity contribution in [3.63, 3.8) is 0 Å². The summed E-state index contributed by atoms with van der Waals surface area (Å²) in [6.07, 6.45) is 8.57. The Morgan fingerprint density at radius 1 is 1.14 bits per heavy atom. The number of hydrogen-bond donors (Lipinski definition) is 1. The number of hydrogen-bond acceptors (Lipinski definition) is 1. The van der Waals surface area contributed by atoms with E-state index in [0.29, 0.717) is 11.8 Å². The zero-order valence-electron chi connectivity index (χ0n) is 12.6. The van der Waals surface area contributed by atoms with Crippen molar-refractivity contribution in [2.45, 2.75) is 31.7 Å². The average Bonchev–Trinajstić information content (AvgIpc) is 2.97. The fourth-order valence-corrected chi connectivity index (χ4v) is 4.84. The Bertz CT molecular complexity index is 788. The maximum atomic E-state index is 12.8. The van der Waals surface area contributed by atoms with Crippen LogP contribution in [0.3, 0.4) is 0 Å². The molecule has 1 amide bonds. The van der Waals surface area contributed by atoms with Crippen molar-refractivity contribution in [2.75, 3.05) is 6.54 Å². The molecule has 2 aromatic rings. The number of fused-ring (bicyclic) bond motifs is 7. The number of carbonyl (C=O) groups is 1. The molecule has 0 radical (unpaired) electrons. The van der Waals surface area contributed by atoms with Crippen molar-refractivity contribution in [2.24, 2.45) is 11.8 Å². The highest BCUT2D eigenvalue weighted by atomic mass is 16.2. The fraction of sp³-hybridized carbons (Fsp3) is 0.421. The smallest absolute Gasteiger partial charge is 0.226 e. The van der Waals surface area contributed by atoms with Gasteiger partial charge in [-0.25, -0.2) is 0 Å². The van der Waals surface area contributed by atoms with Gasteiger partial charge < -0.3 is 9.88 Å². The molecule has 2 aliphatic heterocycles. The Hall–Kier alpha value is -2.03. The van der Waals surface area contributed by atoms with Crippen LogP contribution in [0.25, 0.3) is 10.9 Å². The highest BCUT2D eigenvalue weighted by molar-refractivity contribution is 5.87. The van der Waals surface area contributed by atoms with E-state index in [0.717, 1.165) is 32.2 Å². The first kappa shape index (κ1) is 12.5. The maximum absolute atomic E-state index is 12.8. The van der Waals surface area contributed by atoms with Crippen LogP contribution in [0.4, 0.5) is 0 Å². The zero-order valence-corrected chi connectivity index (χ0v) is 12.6. The number of rotatable bonds is 0. The first-order chi connectivity index (χ1) is 10.8. The first-order valence-electron chi connectivity index (χ1n) is 8.39. The lowest BCUT2D eigenvalue weighted by molar-refractivity contribution is -0.132. The minimum atomic E-state index is 0.201. The standard InChI is InChI=1S/C19H20N2O/c22-19-15-8-2-1-7-14(15)18-17-13(9-5-11-21(18)19)12-6-3-4-10-16(12)20-17/h1-4,6,10,14-15,18,20H,5,7-9,11H2/t14-,15-,18+/m0/s1. The number of carbonyl (C=O) groups excluding carboxylic acids is 1. The van der Waals surface area contributed by atoms with Crippen LogP contribution in [0.1, 0.15) is 36.6 Å². The van der Waals surface area contributed by atoms with Gasteiger partial charge in [-0.2, -0.15) is 0 Å². The molecular weight excluding hydrogens is 272 g/mol. The molecule has 0 unspecified atom stereocenters. The third kappa shape index (κ3) is 1.54. The van der Waals surface area contributed by atoms with Crippen molar-refractivity contribution in [1.29, 1.82) is 0 Å². The van der Waals surface area contributed by atoms with Gasteiger partial charge in [-0.05, 0) is 37.3 Å². The number of para-hydroxylation sites is 1. The lowest BCUT2D eigenvalue weighted by Gasteiger charge is -2.27. The Balaban J connectivity index is 1.72. The van der Waals surface area contributed by atoms with Gasteiger partial charge in [-0.1, -0.05) is 30.4 Å². The summed E-state index contributed by atoms with van der Waals surface area (Å²) in [5, 5.41) is 1.35. The van der Waals surface area contributed by atoms with Crippen LogP contribution in [-0.2, 0) is 11.2 Å². The molecule has 112 valence electrons. The van der Waals surface area contributed by atoms with Gasteiger partial charge in [-0.15, -0.1) is 0 Å². The van der Waals surface area contributed by atoms with Crippen molar-refractivity contribution >= 4 is 16.8 Å². The highest BCUT2D eigenvalue weighted by Gasteiger charge is 2.49. The van der Waals surface area contributed by atoms with Gasteiger partial charge in [0.25, 0.3) is 0 Å². The van der Waals surface area contributed by atoms with Gasteiger partial charge >= 0.3 is 0 Å². The molecular formula is C19H20N2O. The molecule has 1 aromatic heterocycles. The summed E-state index contributed by atoms with van der Waals surface area (Å²) >= 11 is 0. The van der Waals surface area contributed by atoms with Gasteiger partial charge in [0.15, 0.2) is 0 Å². The molecule has 3 heterocycles. The molecule has 1 N–H and O–H groups in total. The average molecular weight is 292 g/mol. The van der Waals surface area contributed by atoms with Gasteiger partial charge in [0.1, 0.15) is 0 Å². The quantitative estimate of drug-likeness (QED) is 0.740. The predicted octanol–water partition coefficient (Wildman–Crippen LogP) is 3.58. The van der Waals surface area contributed by atoms with E-state index in [1.165, 1.54) is 22.2 Å². The summed E-state index contributed by atoms with van der Waals surface area (Å²) in [4.78, 5) is 18.7. The number of nitrogens with one attached hydrogen (secondary N) is 1. The van der Waals surface area contributed by atoms with E-state index < -0.39 is 0 Å². The number of H-pyrrole nitrogens is 1. The predicted molar refractivity (Wildman–Crippen MR) is 86.4 cm³/mol. The van der Waals surface area contributed by atoms with Crippen molar-refractivity contribution < 1.29 is 4.79 Å². The number of allylic oxidation sites excluding steroid dienone is 2. The monoisotopic (exact) mass is 292 g/mol. The Morgan fingerprint density at radius 3 is 2.95 bits per heavy atom. The molecule has 1 fully saturated rings. The Labute approximate surface area is 130 Å².